The Morgan fingerprint density at radius 1 is 0.903 bits per heavy atom. The van der Waals surface area contributed by atoms with Crippen molar-refractivity contribution >= 4 is 17.6 Å². The van der Waals surface area contributed by atoms with Crippen LogP contribution in [0, 0.1) is 6.92 Å². The minimum absolute atomic E-state index is 0.256. The summed E-state index contributed by atoms with van der Waals surface area (Å²) in [6.45, 7) is 6.02. The van der Waals surface area contributed by atoms with Crippen molar-refractivity contribution < 1.29 is 19.1 Å². The highest BCUT2D eigenvalue weighted by molar-refractivity contribution is 5.97. The number of hydrogen-bond donors (Lipinski definition) is 1. The van der Waals surface area contributed by atoms with Gasteiger partial charge in [-0.15, -0.1) is 0 Å². The van der Waals surface area contributed by atoms with Gasteiger partial charge in [-0.05, 0) is 41.7 Å². The van der Waals surface area contributed by atoms with Crippen molar-refractivity contribution in [2.45, 2.75) is 33.3 Å². The number of hydrogen-bond acceptors (Lipinski definition) is 4. The third-order valence-corrected chi connectivity index (χ3v) is 4.87. The lowest BCUT2D eigenvalue weighted by Crippen LogP contribution is -2.22. The van der Waals surface area contributed by atoms with Crippen molar-refractivity contribution in [3.63, 3.8) is 0 Å². The number of para-hydroxylation sites is 2. The van der Waals surface area contributed by atoms with Gasteiger partial charge in [-0.1, -0.05) is 74.5 Å². The van der Waals surface area contributed by atoms with Crippen LogP contribution in [0.25, 0.3) is 0 Å². The summed E-state index contributed by atoms with van der Waals surface area (Å²) in [5, 5.41) is 2.88. The first-order valence-corrected chi connectivity index (χ1v) is 10.3. The van der Waals surface area contributed by atoms with Gasteiger partial charge in [0, 0.05) is 5.69 Å². The van der Waals surface area contributed by atoms with Gasteiger partial charge in [0.05, 0.1) is 0 Å². The SMILES string of the molecule is Cc1cccc(C(C)C)c1NC(=O)COC(=O)c1ccccc1OCc1ccccc1. The number of nitrogens with one attached hydrogen (secondary N) is 1. The van der Waals surface area contributed by atoms with Crippen LogP contribution in [0.3, 0.4) is 0 Å². The summed E-state index contributed by atoms with van der Waals surface area (Å²) in [4.78, 5) is 25.0. The summed E-state index contributed by atoms with van der Waals surface area (Å²) in [6.07, 6.45) is 0. The molecule has 0 aliphatic rings. The molecule has 0 fully saturated rings. The van der Waals surface area contributed by atoms with Crippen molar-refractivity contribution in [3.05, 3.63) is 95.1 Å². The highest BCUT2D eigenvalue weighted by atomic mass is 16.5. The van der Waals surface area contributed by atoms with E-state index >= 15 is 0 Å². The molecule has 0 saturated carbocycles. The number of anilines is 1. The summed E-state index contributed by atoms with van der Waals surface area (Å²) in [6, 6.07) is 22.4. The number of carbonyl (C=O) groups is 2. The van der Waals surface area contributed by atoms with Gasteiger partial charge in [0.25, 0.3) is 5.91 Å². The van der Waals surface area contributed by atoms with Crippen molar-refractivity contribution in [3.8, 4) is 5.75 Å². The number of ether oxygens (including phenoxy) is 2. The van der Waals surface area contributed by atoms with Crippen LogP contribution in [-0.4, -0.2) is 18.5 Å². The van der Waals surface area contributed by atoms with Gasteiger partial charge >= 0.3 is 5.97 Å². The molecule has 160 valence electrons. The Bertz CT molecular complexity index is 1040. The largest absolute Gasteiger partial charge is 0.488 e. The maximum absolute atomic E-state index is 12.6. The average molecular weight is 418 g/mol. The van der Waals surface area contributed by atoms with E-state index < -0.39 is 5.97 Å². The Labute approximate surface area is 183 Å². The molecule has 0 unspecified atom stereocenters. The summed E-state index contributed by atoms with van der Waals surface area (Å²) in [5.41, 5.74) is 4.05. The minimum Gasteiger partial charge on any atom is -0.488 e. The molecule has 3 aromatic rings. The van der Waals surface area contributed by atoms with Gasteiger partial charge < -0.3 is 14.8 Å². The van der Waals surface area contributed by atoms with E-state index in [0.29, 0.717) is 12.4 Å². The molecular formula is C26H27NO4. The van der Waals surface area contributed by atoms with E-state index in [4.69, 9.17) is 9.47 Å². The van der Waals surface area contributed by atoms with E-state index in [1.165, 1.54) is 0 Å². The van der Waals surface area contributed by atoms with Crippen LogP contribution in [0.15, 0.2) is 72.8 Å². The molecule has 0 aliphatic heterocycles. The summed E-state index contributed by atoms with van der Waals surface area (Å²) in [5.74, 6) is -0.316. The van der Waals surface area contributed by atoms with Crippen LogP contribution in [-0.2, 0) is 16.1 Å². The molecule has 0 aromatic heterocycles. The molecule has 0 radical (unpaired) electrons. The molecule has 1 N–H and O–H groups in total. The Kier molecular flexibility index (Phi) is 7.44. The number of esters is 1. The maximum Gasteiger partial charge on any atom is 0.342 e. The first-order valence-electron chi connectivity index (χ1n) is 10.3. The van der Waals surface area contributed by atoms with Crippen molar-refractivity contribution in [2.75, 3.05) is 11.9 Å². The van der Waals surface area contributed by atoms with E-state index in [-0.39, 0.29) is 24.0 Å². The molecule has 1 amide bonds. The van der Waals surface area contributed by atoms with Crippen LogP contribution >= 0.6 is 0 Å². The topological polar surface area (TPSA) is 64.6 Å². The normalized spacial score (nSPS) is 10.6. The smallest absolute Gasteiger partial charge is 0.342 e. The molecule has 0 saturated heterocycles. The molecule has 0 spiro atoms. The second-order valence-corrected chi connectivity index (χ2v) is 7.59. The molecule has 5 nitrogen and oxygen atoms in total. The molecule has 31 heavy (non-hydrogen) atoms. The Balaban J connectivity index is 1.62. The lowest BCUT2D eigenvalue weighted by atomic mass is 9.98. The number of rotatable bonds is 8. The molecule has 0 aliphatic carbocycles. The second kappa shape index (κ2) is 10.4. The summed E-state index contributed by atoms with van der Waals surface area (Å²) >= 11 is 0. The first-order chi connectivity index (χ1) is 15.0. The molecular weight excluding hydrogens is 390 g/mol. The maximum atomic E-state index is 12.6. The molecule has 0 atom stereocenters. The first kappa shape index (κ1) is 22.1. The fourth-order valence-corrected chi connectivity index (χ4v) is 3.22. The fourth-order valence-electron chi connectivity index (χ4n) is 3.22. The Morgan fingerprint density at radius 2 is 1.61 bits per heavy atom. The molecule has 5 heteroatoms. The van der Waals surface area contributed by atoms with Crippen LogP contribution in [0.2, 0.25) is 0 Å². The lowest BCUT2D eigenvalue weighted by Gasteiger charge is -2.16. The molecule has 3 aromatic carbocycles. The van der Waals surface area contributed by atoms with E-state index in [1.54, 1.807) is 24.3 Å². The lowest BCUT2D eigenvalue weighted by molar-refractivity contribution is -0.119. The zero-order valence-electron chi connectivity index (χ0n) is 18.1. The third-order valence-electron chi connectivity index (χ3n) is 4.87. The number of benzene rings is 3. The van der Waals surface area contributed by atoms with Crippen molar-refractivity contribution in [2.24, 2.45) is 0 Å². The van der Waals surface area contributed by atoms with Gasteiger partial charge in [0.15, 0.2) is 6.61 Å². The predicted octanol–water partition coefficient (Wildman–Crippen LogP) is 5.49. The van der Waals surface area contributed by atoms with Crippen LogP contribution in [0.4, 0.5) is 5.69 Å². The van der Waals surface area contributed by atoms with E-state index in [1.807, 2.05) is 55.5 Å². The van der Waals surface area contributed by atoms with Gasteiger partial charge in [0.1, 0.15) is 17.9 Å². The van der Waals surface area contributed by atoms with Crippen molar-refractivity contribution in [1.29, 1.82) is 0 Å². The quantitative estimate of drug-likeness (QED) is 0.492. The zero-order valence-corrected chi connectivity index (χ0v) is 18.1. The predicted molar refractivity (Wildman–Crippen MR) is 121 cm³/mol. The van der Waals surface area contributed by atoms with Crippen LogP contribution in [0.1, 0.15) is 46.8 Å². The minimum atomic E-state index is -0.604. The Hall–Kier alpha value is -3.60. The van der Waals surface area contributed by atoms with Gasteiger partial charge in [0.2, 0.25) is 0 Å². The van der Waals surface area contributed by atoms with Gasteiger partial charge in [-0.3, -0.25) is 4.79 Å². The molecule has 0 bridgehead atoms. The summed E-state index contributed by atoms with van der Waals surface area (Å²) < 4.78 is 11.1. The van der Waals surface area contributed by atoms with E-state index in [9.17, 15) is 9.59 Å². The van der Waals surface area contributed by atoms with Crippen LogP contribution in [0.5, 0.6) is 5.75 Å². The zero-order chi connectivity index (χ0) is 22.2. The van der Waals surface area contributed by atoms with E-state index in [2.05, 4.69) is 19.2 Å². The number of aryl methyl sites for hydroxylation is 1. The number of carbonyl (C=O) groups excluding carboxylic acids is 2. The third kappa shape index (κ3) is 5.95. The van der Waals surface area contributed by atoms with Gasteiger partial charge in [-0.2, -0.15) is 0 Å². The summed E-state index contributed by atoms with van der Waals surface area (Å²) in [7, 11) is 0. The van der Waals surface area contributed by atoms with Gasteiger partial charge in [-0.25, -0.2) is 4.79 Å². The molecule has 0 heterocycles. The fraction of sp³-hybridized carbons (Fsp3) is 0.231. The van der Waals surface area contributed by atoms with Crippen molar-refractivity contribution in [1.82, 2.24) is 0 Å². The molecule has 3 rings (SSSR count). The standard InChI is InChI=1S/C26H27NO4/c1-18(2)21-14-9-10-19(3)25(21)27-24(28)17-31-26(29)22-13-7-8-15-23(22)30-16-20-11-5-4-6-12-20/h4-15,18H,16-17H2,1-3H3,(H,27,28). The highest BCUT2D eigenvalue weighted by Gasteiger charge is 2.17. The van der Waals surface area contributed by atoms with Crippen LogP contribution < -0.4 is 10.1 Å². The monoisotopic (exact) mass is 417 g/mol. The Morgan fingerprint density at radius 3 is 2.35 bits per heavy atom. The average Bonchev–Trinajstić information content (AvgIpc) is 2.78. The second-order valence-electron chi connectivity index (χ2n) is 7.59. The highest BCUT2D eigenvalue weighted by Crippen LogP contribution is 2.27. The van der Waals surface area contributed by atoms with E-state index in [0.717, 1.165) is 22.4 Å². The number of amides is 1.